The lowest BCUT2D eigenvalue weighted by Crippen LogP contribution is -2.24. The van der Waals surface area contributed by atoms with E-state index in [2.05, 4.69) is 5.10 Å². The molecule has 0 fully saturated rings. The number of carboxylic acid groups (broad SMARTS) is 1. The fourth-order valence-electron chi connectivity index (χ4n) is 2.95. The molecule has 0 aliphatic carbocycles. The van der Waals surface area contributed by atoms with Crippen LogP contribution in [0.1, 0.15) is 10.4 Å². The van der Waals surface area contributed by atoms with Crippen LogP contribution in [0.3, 0.4) is 0 Å². The maximum absolute atomic E-state index is 12.1. The molecular weight excluding hydrogens is 330 g/mol. The Morgan fingerprint density at radius 2 is 1.96 bits per heavy atom. The molecular formula is C17H12ClN3O3. The minimum Gasteiger partial charge on any atom is -0.477 e. The van der Waals surface area contributed by atoms with Gasteiger partial charge in [-0.3, -0.25) is 9.48 Å². The summed E-state index contributed by atoms with van der Waals surface area (Å²) in [6.07, 6.45) is 1.37. The van der Waals surface area contributed by atoms with Gasteiger partial charge in [0.15, 0.2) is 5.43 Å². The van der Waals surface area contributed by atoms with Crippen LogP contribution in [0.25, 0.3) is 22.6 Å². The molecule has 1 aromatic carbocycles. The first-order chi connectivity index (χ1) is 11.6. The van der Waals surface area contributed by atoms with Crippen LogP contribution in [0.4, 0.5) is 0 Å². The van der Waals surface area contributed by atoms with Gasteiger partial charge in [-0.2, -0.15) is 5.10 Å². The Hall–Kier alpha value is -2.86. The molecule has 24 heavy (non-hydrogen) atoms. The van der Waals surface area contributed by atoms with Gasteiger partial charge in [-0.05, 0) is 0 Å². The Balaban J connectivity index is 1.94. The second-order valence-corrected chi connectivity index (χ2v) is 5.91. The van der Waals surface area contributed by atoms with Gasteiger partial charge in [-0.15, -0.1) is 0 Å². The largest absolute Gasteiger partial charge is 0.477 e. The molecule has 0 atom stereocenters. The quantitative estimate of drug-likeness (QED) is 0.777. The summed E-state index contributed by atoms with van der Waals surface area (Å²) in [7, 11) is 0. The number of pyridine rings is 1. The average Bonchev–Trinajstić information content (AvgIpc) is 2.92. The molecule has 1 aliphatic rings. The molecule has 7 heteroatoms. The molecule has 0 bridgehead atoms. The minimum absolute atomic E-state index is 0.244. The number of benzene rings is 1. The molecule has 0 spiro atoms. The summed E-state index contributed by atoms with van der Waals surface area (Å²) in [5.74, 6) is -1.23. The average molecular weight is 342 g/mol. The van der Waals surface area contributed by atoms with Crippen LogP contribution >= 0.6 is 11.6 Å². The number of hydrogen-bond donors (Lipinski definition) is 1. The maximum Gasteiger partial charge on any atom is 0.341 e. The zero-order chi connectivity index (χ0) is 16.8. The Bertz CT molecular complexity index is 1020. The second-order valence-electron chi connectivity index (χ2n) is 5.54. The van der Waals surface area contributed by atoms with Crippen LogP contribution in [-0.2, 0) is 13.1 Å². The molecule has 0 radical (unpaired) electrons. The molecule has 3 heterocycles. The van der Waals surface area contributed by atoms with Crippen molar-refractivity contribution in [2.75, 3.05) is 0 Å². The van der Waals surface area contributed by atoms with E-state index in [4.69, 9.17) is 16.7 Å². The summed E-state index contributed by atoms with van der Waals surface area (Å²) in [4.78, 5) is 23.2. The van der Waals surface area contributed by atoms with E-state index in [1.54, 1.807) is 9.25 Å². The molecule has 120 valence electrons. The van der Waals surface area contributed by atoms with Crippen LogP contribution in [0.2, 0.25) is 5.02 Å². The van der Waals surface area contributed by atoms with Gasteiger partial charge in [0.1, 0.15) is 17.0 Å². The predicted molar refractivity (Wildman–Crippen MR) is 89.3 cm³/mol. The van der Waals surface area contributed by atoms with Crippen molar-refractivity contribution in [1.29, 1.82) is 0 Å². The standard InChI is InChI=1S/C17H12ClN3O3/c18-14-15(10-4-2-1-3-5-10)19-21-7-6-20-9-11(17(23)24)13(22)8-12(20)16(14)21/h1-5,8-9H,6-7H2,(H,23,24). The van der Waals surface area contributed by atoms with Crippen molar-refractivity contribution in [3.05, 3.63) is 63.4 Å². The third-order valence-electron chi connectivity index (χ3n) is 4.10. The number of fused-ring (bicyclic) bond motifs is 3. The molecule has 1 N–H and O–H groups in total. The van der Waals surface area contributed by atoms with Crippen molar-refractivity contribution in [2.24, 2.45) is 0 Å². The first-order valence-corrected chi connectivity index (χ1v) is 7.74. The van der Waals surface area contributed by atoms with Crippen molar-refractivity contribution in [1.82, 2.24) is 14.3 Å². The number of nitrogens with zero attached hydrogens (tertiary/aromatic N) is 3. The summed E-state index contributed by atoms with van der Waals surface area (Å²) < 4.78 is 3.50. The van der Waals surface area contributed by atoms with Crippen LogP contribution in [0, 0.1) is 0 Å². The molecule has 1 aliphatic heterocycles. The van der Waals surface area contributed by atoms with E-state index in [1.165, 1.54) is 12.3 Å². The monoisotopic (exact) mass is 341 g/mol. The lowest BCUT2D eigenvalue weighted by molar-refractivity contribution is 0.0694. The van der Waals surface area contributed by atoms with Gasteiger partial charge in [-0.1, -0.05) is 41.9 Å². The van der Waals surface area contributed by atoms with Gasteiger partial charge in [0.25, 0.3) is 0 Å². The molecule has 6 nitrogen and oxygen atoms in total. The van der Waals surface area contributed by atoms with Gasteiger partial charge >= 0.3 is 5.97 Å². The van der Waals surface area contributed by atoms with Crippen LogP contribution in [0.5, 0.6) is 0 Å². The second kappa shape index (κ2) is 5.35. The summed E-state index contributed by atoms with van der Waals surface area (Å²) in [6.45, 7) is 1.08. The van der Waals surface area contributed by atoms with E-state index in [0.29, 0.717) is 35.2 Å². The SMILES string of the molecule is O=C(O)c1cn2c(cc1=O)-c1c(Cl)c(-c3ccccc3)nn1CC2. The zero-order valence-electron chi connectivity index (χ0n) is 12.4. The highest BCUT2D eigenvalue weighted by Crippen LogP contribution is 2.37. The number of carboxylic acids is 1. The number of carbonyl (C=O) groups is 1. The highest BCUT2D eigenvalue weighted by atomic mass is 35.5. The number of halogens is 1. The lowest BCUT2D eigenvalue weighted by Gasteiger charge is -2.21. The van der Waals surface area contributed by atoms with Crippen molar-refractivity contribution in [2.45, 2.75) is 13.1 Å². The third-order valence-corrected chi connectivity index (χ3v) is 4.45. The zero-order valence-corrected chi connectivity index (χ0v) is 13.2. The lowest BCUT2D eigenvalue weighted by atomic mass is 10.1. The van der Waals surface area contributed by atoms with E-state index >= 15 is 0 Å². The fourth-order valence-corrected chi connectivity index (χ4v) is 3.29. The van der Waals surface area contributed by atoms with Gasteiger partial charge in [0.2, 0.25) is 0 Å². The third kappa shape index (κ3) is 2.15. The fraction of sp³-hybridized carbons (Fsp3) is 0.118. The number of aromatic nitrogens is 3. The normalized spacial score (nSPS) is 12.5. The van der Waals surface area contributed by atoms with Gasteiger partial charge in [0, 0.05) is 24.4 Å². The number of rotatable bonds is 2. The van der Waals surface area contributed by atoms with E-state index in [0.717, 1.165) is 5.56 Å². The molecule has 4 rings (SSSR count). The van der Waals surface area contributed by atoms with Crippen LogP contribution < -0.4 is 5.43 Å². The Labute approximate surface area is 141 Å². The molecule has 0 amide bonds. The summed E-state index contributed by atoms with van der Waals surface area (Å²) in [5.41, 5.74) is 1.97. The number of aryl methyl sites for hydroxylation is 2. The summed E-state index contributed by atoms with van der Waals surface area (Å²) >= 11 is 6.54. The Kier molecular flexibility index (Phi) is 3.28. The van der Waals surface area contributed by atoms with Crippen molar-refractivity contribution >= 4 is 17.6 Å². The Morgan fingerprint density at radius 3 is 2.67 bits per heavy atom. The maximum atomic E-state index is 12.1. The highest BCUT2D eigenvalue weighted by Gasteiger charge is 2.25. The molecule has 2 aromatic heterocycles. The van der Waals surface area contributed by atoms with E-state index < -0.39 is 11.4 Å². The predicted octanol–water partition coefficient (Wildman–Crippen LogP) is 2.74. The summed E-state index contributed by atoms with van der Waals surface area (Å²) in [5, 5.41) is 14.1. The smallest absolute Gasteiger partial charge is 0.341 e. The molecule has 0 saturated carbocycles. The van der Waals surface area contributed by atoms with Crippen LogP contribution in [0.15, 0.2) is 47.4 Å². The minimum atomic E-state index is -1.23. The van der Waals surface area contributed by atoms with E-state index in [-0.39, 0.29) is 5.56 Å². The highest BCUT2D eigenvalue weighted by molar-refractivity contribution is 6.35. The topological polar surface area (TPSA) is 77.1 Å². The van der Waals surface area contributed by atoms with Gasteiger partial charge in [-0.25, -0.2) is 4.79 Å². The van der Waals surface area contributed by atoms with Crippen molar-refractivity contribution < 1.29 is 9.90 Å². The number of hydrogen-bond acceptors (Lipinski definition) is 3. The van der Waals surface area contributed by atoms with Crippen LogP contribution in [-0.4, -0.2) is 25.4 Å². The molecule has 0 unspecified atom stereocenters. The van der Waals surface area contributed by atoms with Crippen molar-refractivity contribution in [3.63, 3.8) is 0 Å². The van der Waals surface area contributed by atoms with E-state index in [9.17, 15) is 9.59 Å². The first kappa shape index (κ1) is 14.7. The first-order valence-electron chi connectivity index (χ1n) is 7.36. The van der Waals surface area contributed by atoms with Crippen molar-refractivity contribution in [3.8, 4) is 22.6 Å². The molecule has 3 aromatic rings. The number of aromatic carboxylic acids is 1. The van der Waals surface area contributed by atoms with Gasteiger partial charge < -0.3 is 9.67 Å². The summed E-state index contributed by atoms with van der Waals surface area (Å²) in [6, 6.07) is 10.9. The van der Waals surface area contributed by atoms with Gasteiger partial charge in [0.05, 0.1) is 17.3 Å². The molecule has 0 saturated heterocycles. The van der Waals surface area contributed by atoms with E-state index in [1.807, 2.05) is 30.3 Å². The Morgan fingerprint density at radius 1 is 1.21 bits per heavy atom.